The second-order valence-electron chi connectivity index (χ2n) is 7.54. The van der Waals surface area contributed by atoms with Gasteiger partial charge >= 0.3 is 6.03 Å². The van der Waals surface area contributed by atoms with Gasteiger partial charge < -0.3 is 20.9 Å². The van der Waals surface area contributed by atoms with E-state index in [4.69, 9.17) is 0 Å². The summed E-state index contributed by atoms with van der Waals surface area (Å²) in [5.41, 5.74) is 2.29. The second kappa shape index (κ2) is 11.3. The molecule has 1 aromatic carbocycles. The fourth-order valence-electron chi connectivity index (χ4n) is 3.38. The predicted octanol–water partition coefficient (Wildman–Crippen LogP) is 2.47. The van der Waals surface area contributed by atoms with Gasteiger partial charge in [0.15, 0.2) is 0 Å². The normalized spacial score (nSPS) is 14.2. The molecule has 3 rings (SSSR count). The Morgan fingerprint density at radius 3 is 2.52 bits per heavy atom. The molecule has 9 heteroatoms. The van der Waals surface area contributed by atoms with Crippen LogP contribution in [0.15, 0.2) is 36.7 Å². The van der Waals surface area contributed by atoms with E-state index in [-0.39, 0.29) is 11.9 Å². The van der Waals surface area contributed by atoms with Gasteiger partial charge in [-0.3, -0.25) is 9.69 Å². The van der Waals surface area contributed by atoms with E-state index in [1.165, 1.54) is 0 Å². The fraction of sp³-hybridized carbons (Fsp3) is 0.455. The second-order valence-corrected chi connectivity index (χ2v) is 7.54. The van der Waals surface area contributed by atoms with Crippen molar-refractivity contribution in [3.63, 3.8) is 0 Å². The van der Waals surface area contributed by atoms with E-state index in [1.54, 1.807) is 25.4 Å². The SMILES string of the molecule is CCC(=O)Nc1ccc(C)c(NC(=O)NCCCN2CCN(c3ncccn3)CC2)c1. The number of urea groups is 1. The molecule has 0 bridgehead atoms. The molecule has 2 aromatic rings. The molecule has 1 aliphatic heterocycles. The number of amides is 3. The molecule has 31 heavy (non-hydrogen) atoms. The minimum Gasteiger partial charge on any atom is -0.338 e. The van der Waals surface area contributed by atoms with Crippen molar-refractivity contribution < 1.29 is 9.59 Å². The summed E-state index contributed by atoms with van der Waals surface area (Å²) in [5.74, 6) is 0.727. The first-order chi connectivity index (χ1) is 15.0. The summed E-state index contributed by atoms with van der Waals surface area (Å²) in [7, 11) is 0. The van der Waals surface area contributed by atoms with Crippen LogP contribution in [0.4, 0.5) is 22.1 Å². The number of anilines is 3. The molecular weight excluding hydrogens is 394 g/mol. The summed E-state index contributed by atoms with van der Waals surface area (Å²) in [4.78, 5) is 37.0. The first-order valence-electron chi connectivity index (χ1n) is 10.7. The van der Waals surface area contributed by atoms with E-state index in [0.717, 1.165) is 50.7 Å². The highest BCUT2D eigenvalue weighted by Gasteiger charge is 2.18. The Hall–Kier alpha value is -3.20. The molecule has 0 saturated carbocycles. The molecule has 0 radical (unpaired) electrons. The van der Waals surface area contributed by atoms with Crippen molar-refractivity contribution >= 4 is 29.3 Å². The molecule has 3 N–H and O–H groups in total. The van der Waals surface area contributed by atoms with Crippen LogP contribution in [0.3, 0.4) is 0 Å². The number of carbonyl (C=O) groups is 2. The van der Waals surface area contributed by atoms with Gasteiger partial charge in [-0.15, -0.1) is 0 Å². The molecule has 1 saturated heterocycles. The number of hydrogen-bond acceptors (Lipinski definition) is 6. The van der Waals surface area contributed by atoms with Crippen LogP contribution in [0.1, 0.15) is 25.3 Å². The molecule has 1 aliphatic rings. The summed E-state index contributed by atoms with van der Waals surface area (Å²) < 4.78 is 0. The van der Waals surface area contributed by atoms with Crippen LogP contribution in [-0.4, -0.2) is 66.1 Å². The third-order valence-corrected chi connectivity index (χ3v) is 5.23. The van der Waals surface area contributed by atoms with Crippen molar-refractivity contribution in [1.29, 1.82) is 0 Å². The lowest BCUT2D eigenvalue weighted by Gasteiger charge is -2.34. The van der Waals surface area contributed by atoms with Crippen LogP contribution < -0.4 is 20.9 Å². The number of carbonyl (C=O) groups excluding carboxylic acids is 2. The van der Waals surface area contributed by atoms with Crippen LogP contribution in [0.5, 0.6) is 0 Å². The lowest BCUT2D eigenvalue weighted by Crippen LogP contribution is -2.47. The van der Waals surface area contributed by atoms with Gasteiger partial charge in [-0.05, 0) is 43.7 Å². The summed E-state index contributed by atoms with van der Waals surface area (Å²) in [6.07, 6.45) is 4.82. The number of benzene rings is 1. The molecule has 0 atom stereocenters. The number of piperazine rings is 1. The van der Waals surface area contributed by atoms with Crippen LogP contribution in [0, 0.1) is 6.92 Å². The van der Waals surface area contributed by atoms with E-state index in [1.807, 2.05) is 25.1 Å². The first-order valence-corrected chi connectivity index (χ1v) is 10.7. The van der Waals surface area contributed by atoms with Crippen LogP contribution >= 0.6 is 0 Å². The zero-order valence-electron chi connectivity index (χ0n) is 18.2. The molecule has 0 aliphatic carbocycles. The van der Waals surface area contributed by atoms with Crippen molar-refractivity contribution in [2.24, 2.45) is 0 Å². The highest BCUT2D eigenvalue weighted by molar-refractivity contribution is 5.94. The molecule has 1 fully saturated rings. The maximum absolute atomic E-state index is 12.3. The molecule has 1 aromatic heterocycles. The Balaban J connectivity index is 1.35. The minimum atomic E-state index is -0.242. The molecule has 0 unspecified atom stereocenters. The minimum absolute atomic E-state index is 0.0589. The Morgan fingerprint density at radius 1 is 1.06 bits per heavy atom. The monoisotopic (exact) mass is 425 g/mol. The molecule has 2 heterocycles. The number of nitrogens with one attached hydrogen (secondary N) is 3. The summed E-state index contributed by atoms with van der Waals surface area (Å²) in [6, 6.07) is 7.06. The molecule has 9 nitrogen and oxygen atoms in total. The van der Waals surface area contributed by atoms with E-state index in [2.05, 4.69) is 35.7 Å². The molecule has 3 amide bonds. The van der Waals surface area contributed by atoms with Gasteiger partial charge in [0.1, 0.15) is 0 Å². The largest absolute Gasteiger partial charge is 0.338 e. The van der Waals surface area contributed by atoms with Crippen molar-refractivity contribution in [3.8, 4) is 0 Å². The van der Waals surface area contributed by atoms with Crippen LogP contribution in [0.2, 0.25) is 0 Å². The zero-order valence-corrected chi connectivity index (χ0v) is 18.2. The Morgan fingerprint density at radius 2 is 1.81 bits per heavy atom. The number of aromatic nitrogens is 2. The maximum Gasteiger partial charge on any atom is 0.319 e. The van der Waals surface area contributed by atoms with Gasteiger partial charge in [-0.25, -0.2) is 14.8 Å². The molecule has 0 spiro atoms. The van der Waals surface area contributed by atoms with Gasteiger partial charge in [0, 0.05) is 62.9 Å². The number of nitrogens with zero attached hydrogens (tertiary/aromatic N) is 4. The average Bonchev–Trinajstić information content (AvgIpc) is 2.80. The van der Waals surface area contributed by atoms with Gasteiger partial charge in [0.25, 0.3) is 0 Å². The first kappa shape index (κ1) is 22.5. The smallest absolute Gasteiger partial charge is 0.319 e. The standard InChI is InChI=1S/C22H31N7O2/c1-3-20(30)26-18-7-6-17(2)19(16-18)27-22(31)25-10-5-11-28-12-14-29(15-13-28)21-23-8-4-9-24-21/h4,6-9,16H,3,5,10-15H2,1-2H3,(H,26,30)(H2,25,27,31). The van der Waals surface area contributed by atoms with Gasteiger partial charge in [-0.2, -0.15) is 0 Å². The zero-order chi connectivity index (χ0) is 22.1. The third-order valence-electron chi connectivity index (χ3n) is 5.23. The van der Waals surface area contributed by atoms with Gasteiger partial charge in [0.05, 0.1) is 0 Å². The van der Waals surface area contributed by atoms with E-state index in [0.29, 0.717) is 24.3 Å². The fourth-order valence-corrected chi connectivity index (χ4v) is 3.38. The van der Waals surface area contributed by atoms with Crippen molar-refractivity contribution in [2.75, 3.05) is 54.8 Å². The third kappa shape index (κ3) is 6.92. The quantitative estimate of drug-likeness (QED) is 0.562. The van der Waals surface area contributed by atoms with Crippen molar-refractivity contribution in [2.45, 2.75) is 26.7 Å². The van der Waals surface area contributed by atoms with Crippen LogP contribution in [0.25, 0.3) is 0 Å². The maximum atomic E-state index is 12.3. The lowest BCUT2D eigenvalue weighted by molar-refractivity contribution is -0.115. The van der Waals surface area contributed by atoms with E-state index in [9.17, 15) is 9.59 Å². The predicted molar refractivity (Wildman–Crippen MR) is 122 cm³/mol. The average molecular weight is 426 g/mol. The van der Waals surface area contributed by atoms with E-state index < -0.39 is 0 Å². The van der Waals surface area contributed by atoms with Crippen LogP contribution in [-0.2, 0) is 4.79 Å². The highest BCUT2D eigenvalue weighted by atomic mass is 16.2. The van der Waals surface area contributed by atoms with Gasteiger partial charge in [-0.1, -0.05) is 13.0 Å². The Bertz CT molecular complexity index is 867. The number of hydrogen-bond donors (Lipinski definition) is 3. The van der Waals surface area contributed by atoms with E-state index >= 15 is 0 Å². The Labute approximate surface area is 183 Å². The molecular formula is C22H31N7O2. The van der Waals surface area contributed by atoms with Gasteiger partial charge in [0.2, 0.25) is 11.9 Å². The highest BCUT2D eigenvalue weighted by Crippen LogP contribution is 2.20. The summed E-state index contributed by atoms with van der Waals surface area (Å²) in [6.45, 7) is 8.97. The van der Waals surface area contributed by atoms with Crippen molar-refractivity contribution in [3.05, 3.63) is 42.2 Å². The van der Waals surface area contributed by atoms with Crippen molar-refractivity contribution in [1.82, 2.24) is 20.2 Å². The summed E-state index contributed by atoms with van der Waals surface area (Å²) in [5, 5.41) is 8.59. The number of rotatable bonds is 8. The summed E-state index contributed by atoms with van der Waals surface area (Å²) >= 11 is 0. The number of aryl methyl sites for hydroxylation is 1. The lowest BCUT2D eigenvalue weighted by atomic mass is 10.2. The Kier molecular flexibility index (Phi) is 8.17. The topological polar surface area (TPSA) is 102 Å². The molecule has 166 valence electrons.